The zero-order valence-electron chi connectivity index (χ0n) is 10.2. The van der Waals surface area contributed by atoms with Gasteiger partial charge in [-0.15, -0.1) is 0 Å². The molecule has 0 heterocycles. The van der Waals surface area contributed by atoms with Gasteiger partial charge in [-0.05, 0) is 42.6 Å². The van der Waals surface area contributed by atoms with E-state index in [2.05, 4.69) is 27.7 Å². The first-order chi connectivity index (χ1) is 6.45. The average Bonchev–Trinajstić information content (AvgIpc) is 2.81. The van der Waals surface area contributed by atoms with Gasteiger partial charge in [-0.3, -0.25) is 0 Å². The van der Waals surface area contributed by atoms with Gasteiger partial charge in [0.05, 0.1) is 0 Å². The van der Waals surface area contributed by atoms with Gasteiger partial charge in [0.25, 0.3) is 0 Å². The molecular weight excluding hydrogens is 170 g/mol. The van der Waals surface area contributed by atoms with Gasteiger partial charge in [-0.2, -0.15) is 0 Å². The van der Waals surface area contributed by atoms with E-state index < -0.39 is 0 Å². The fraction of sp³-hybridized carbons (Fsp3) is 0.846. The van der Waals surface area contributed by atoms with Gasteiger partial charge >= 0.3 is 0 Å². The first kappa shape index (κ1) is 11.6. The Kier molecular flexibility index (Phi) is 3.63. The Hall–Kier alpha value is -0.460. The highest BCUT2D eigenvalue weighted by atomic mass is 14.6. The van der Waals surface area contributed by atoms with Crippen LogP contribution in [0.4, 0.5) is 0 Å². The SMILES string of the molecule is CCC/C(=C(/N)CC1CC1)C(C)(C)C. The summed E-state index contributed by atoms with van der Waals surface area (Å²) in [5.74, 6) is 0.907. The van der Waals surface area contributed by atoms with Crippen molar-refractivity contribution in [3.05, 3.63) is 11.3 Å². The fourth-order valence-electron chi connectivity index (χ4n) is 2.02. The van der Waals surface area contributed by atoms with Crippen molar-refractivity contribution in [1.82, 2.24) is 0 Å². The number of hydrogen-bond acceptors (Lipinski definition) is 1. The molecule has 0 radical (unpaired) electrons. The Bertz CT molecular complexity index is 216. The molecule has 2 N–H and O–H groups in total. The molecule has 0 aliphatic heterocycles. The van der Waals surface area contributed by atoms with Gasteiger partial charge in [0.2, 0.25) is 0 Å². The van der Waals surface area contributed by atoms with Gasteiger partial charge in [0, 0.05) is 5.70 Å². The molecule has 14 heavy (non-hydrogen) atoms. The number of allylic oxidation sites excluding steroid dienone is 2. The van der Waals surface area contributed by atoms with E-state index in [0.29, 0.717) is 0 Å². The topological polar surface area (TPSA) is 26.0 Å². The second-order valence-corrected chi connectivity index (χ2v) is 5.65. The predicted molar refractivity (Wildman–Crippen MR) is 62.9 cm³/mol. The van der Waals surface area contributed by atoms with Crippen molar-refractivity contribution >= 4 is 0 Å². The molecule has 0 atom stereocenters. The zero-order valence-corrected chi connectivity index (χ0v) is 10.2. The van der Waals surface area contributed by atoms with Crippen LogP contribution in [0.5, 0.6) is 0 Å². The van der Waals surface area contributed by atoms with E-state index in [1.165, 1.54) is 37.0 Å². The Labute approximate surface area is 88.8 Å². The number of nitrogens with two attached hydrogens (primary N) is 1. The summed E-state index contributed by atoms with van der Waals surface area (Å²) in [6, 6.07) is 0. The van der Waals surface area contributed by atoms with E-state index in [-0.39, 0.29) is 5.41 Å². The first-order valence-corrected chi connectivity index (χ1v) is 5.93. The van der Waals surface area contributed by atoms with Crippen molar-refractivity contribution in [1.29, 1.82) is 0 Å². The maximum absolute atomic E-state index is 6.21. The van der Waals surface area contributed by atoms with E-state index in [0.717, 1.165) is 12.3 Å². The highest BCUT2D eigenvalue weighted by Crippen LogP contribution is 2.38. The van der Waals surface area contributed by atoms with E-state index in [1.54, 1.807) is 0 Å². The normalized spacial score (nSPS) is 19.4. The van der Waals surface area contributed by atoms with Crippen LogP contribution in [0, 0.1) is 11.3 Å². The van der Waals surface area contributed by atoms with Crippen molar-refractivity contribution in [2.24, 2.45) is 17.1 Å². The van der Waals surface area contributed by atoms with Gasteiger partial charge in [0.15, 0.2) is 0 Å². The summed E-state index contributed by atoms with van der Waals surface area (Å²) in [5.41, 5.74) is 9.14. The summed E-state index contributed by atoms with van der Waals surface area (Å²) < 4.78 is 0. The summed E-state index contributed by atoms with van der Waals surface area (Å²) in [7, 11) is 0. The highest BCUT2D eigenvalue weighted by Gasteiger charge is 2.25. The van der Waals surface area contributed by atoms with Crippen LogP contribution in [0.2, 0.25) is 0 Å². The Morgan fingerprint density at radius 1 is 1.29 bits per heavy atom. The Balaban J connectivity index is 2.70. The second kappa shape index (κ2) is 4.37. The van der Waals surface area contributed by atoms with Crippen molar-refractivity contribution in [3.8, 4) is 0 Å². The lowest BCUT2D eigenvalue weighted by atomic mass is 9.82. The second-order valence-electron chi connectivity index (χ2n) is 5.65. The molecule has 0 amide bonds. The van der Waals surface area contributed by atoms with Crippen molar-refractivity contribution < 1.29 is 0 Å². The van der Waals surface area contributed by atoms with Gasteiger partial charge in [0.1, 0.15) is 0 Å². The third-order valence-corrected chi connectivity index (χ3v) is 3.00. The summed E-state index contributed by atoms with van der Waals surface area (Å²) in [4.78, 5) is 0. The highest BCUT2D eigenvalue weighted by molar-refractivity contribution is 5.18. The van der Waals surface area contributed by atoms with Crippen molar-refractivity contribution in [2.45, 2.75) is 59.8 Å². The minimum absolute atomic E-state index is 0.259. The summed E-state index contributed by atoms with van der Waals surface area (Å²) in [6.07, 6.45) is 6.31. The minimum Gasteiger partial charge on any atom is -0.402 e. The van der Waals surface area contributed by atoms with Gasteiger partial charge in [-0.25, -0.2) is 0 Å². The predicted octanol–water partition coefficient (Wildman–Crippen LogP) is 3.85. The molecule has 0 aromatic heterocycles. The van der Waals surface area contributed by atoms with Crippen molar-refractivity contribution in [2.75, 3.05) is 0 Å². The van der Waals surface area contributed by atoms with Gasteiger partial charge in [-0.1, -0.05) is 34.1 Å². The fourth-order valence-corrected chi connectivity index (χ4v) is 2.02. The lowest BCUT2D eigenvalue weighted by Crippen LogP contribution is -2.16. The van der Waals surface area contributed by atoms with Crippen LogP contribution in [0.25, 0.3) is 0 Å². The lowest BCUT2D eigenvalue weighted by molar-refractivity contribution is 0.469. The molecule has 1 aliphatic rings. The molecule has 82 valence electrons. The molecule has 1 saturated carbocycles. The first-order valence-electron chi connectivity index (χ1n) is 5.93. The Morgan fingerprint density at radius 3 is 2.21 bits per heavy atom. The monoisotopic (exact) mass is 195 g/mol. The van der Waals surface area contributed by atoms with Gasteiger partial charge < -0.3 is 5.73 Å². The molecule has 1 heteroatoms. The summed E-state index contributed by atoms with van der Waals surface area (Å²) in [5, 5.41) is 0. The quantitative estimate of drug-likeness (QED) is 0.724. The third kappa shape index (κ3) is 3.36. The summed E-state index contributed by atoms with van der Waals surface area (Å²) in [6.45, 7) is 9.06. The number of hydrogen-bond donors (Lipinski definition) is 1. The maximum atomic E-state index is 6.21. The molecule has 0 aromatic rings. The molecule has 0 saturated heterocycles. The molecule has 1 rings (SSSR count). The molecular formula is C13H25N. The van der Waals surface area contributed by atoms with Crippen LogP contribution in [0.1, 0.15) is 59.8 Å². The number of rotatable bonds is 4. The molecule has 1 nitrogen and oxygen atoms in total. The molecule has 0 unspecified atom stereocenters. The zero-order chi connectivity index (χ0) is 10.8. The molecule has 0 spiro atoms. The minimum atomic E-state index is 0.259. The Morgan fingerprint density at radius 2 is 1.86 bits per heavy atom. The molecule has 0 aromatic carbocycles. The summed E-state index contributed by atoms with van der Waals surface area (Å²) >= 11 is 0. The van der Waals surface area contributed by atoms with E-state index >= 15 is 0 Å². The van der Waals surface area contributed by atoms with Crippen molar-refractivity contribution in [3.63, 3.8) is 0 Å². The molecule has 0 bridgehead atoms. The van der Waals surface area contributed by atoms with E-state index in [9.17, 15) is 0 Å². The largest absolute Gasteiger partial charge is 0.402 e. The van der Waals surface area contributed by atoms with E-state index in [1.807, 2.05) is 0 Å². The van der Waals surface area contributed by atoms with Crippen LogP contribution < -0.4 is 5.73 Å². The molecule has 1 fully saturated rings. The van der Waals surface area contributed by atoms with Crippen LogP contribution >= 0.6 is 0 Å². The van der Waals surface area contributed by atoms with E-state index in [4.69, 9.17) is 5.73 Å². The van der Waals surface area contributed by atoms with Crippen LogP contribution in [-0.4, -0.2) is 0 Å². The lowest BCUT2D eigenvalue weighted by Gasteiger charge is -2.25. The molecule has 1 aliphatic carbocycles. The standard InChI is InChI=1S/C13H25N/c1-5-6-11(13(2,3)4)12(14)9-10-7-8-10/h10H,5-9,14H2,1-4H3/b12-11-. The third-order valence-electron chi connectivity index (χ3n) is 3.00. The smallest absolute Gasteiger partial charge is 0.00805 e. The van der Waals surface area contributed by atoms with Crippen LogP contribution in [-0.2, 0) is 0 Å². The van der Waals surface area contributed by atoms with Crippen LogP contribution in [0.3, 0.4) is 0 Å². The van der Waals surface area contributed by atoms with Crippen LogP contribution in [0.15, 0.2) is 11.3 Å². The average molecular weight is 195 g/mol. The maximum Gasteiger partial charge on any atom is 0.00805 e.